The van der Waals surface area contributed by atoms with Gasteiger partial charge in [-0.15, -0.1) is 11.3 Å². The number of carbonyl (C=O) groups excluding carboxylic acids is 1. The maximum atomic E-state index is 12.2. The molecular weight excluding hydrogens is 282 g/mol. The number of benzene rings is 1. The molecule has 1 unspecified atom stereocenters. The van der Waals surface area contributed by atoms with Crippen LogP contribution in [0.1, 0.15) is 39.0 Å². The van der Waals surface area contributed by atoms with Gasteiger partial charge in [0.2, 0.25) is 0 Å². The van der Waals surface area contributed by atoms with Crippen molar-refractivity contribution in [1.82, 2.24) is 5.32 Å². The third-order valence-electron chi connectivity index (χ3n) is 3.96. The van der Waals surface area contributed by atoms with Gasteiger partial charge in [0, 0.05) is 4.88 Å². The predicted octanol–water partition coefficient (Wildman–Crippen LogP) is 2.87. The molecule has 110 valence electrons. The fourth-order valence-electron chi connectivity index (χ4n) is 2.68. The van der Waals surface area contributed by atoms with Gasteiger partial charge < -0.3 is 10.4 Å². The van der Waals surface area contributed by atoms with Gasteiger partial charge in [-0.25, -0.2) is 0 Å². The Kier molecular flexibility index (Phi) is 3.83. The molecule has 0 fully saturated rings. The molecule has 1 heterocycles. The van der Waals surface area contributed by atoms with Crippen LogP contribution in [0.25, 0.3) is 0 Å². The van der Waals surface area contributed by atoms with Crippen molar-refractivity contribution in [1.29, 1.82) is 0 Å². The highest BCUT2D eigenvalue weighted by molar-refractivity contribution is 7.14. The SMILES string of the molecule is CC(O)(CNC(=O)c1cc2c(s1)CCC2)c1ccccc1. The normalized spacial score (nSPS) is 16.3. The van der Waals surface area contributed by atoms with E-state index in [1.54, 1.807) is 18.3 Å². The van der Waals surface area contributed by atoms with E-state index in [-0.39, 0.29) is 12.5 Å². The minimum atomic E-state index is -1.06. The second kappa shape index (κ2) is 5.62. The Morgan fingerprint density at radius 1 is 1.33 bits per heavy atom. The zero-order valence-electron chi connectivity index (χ0n) is 12.1. The first-order chi connectivity index (χ1) is 10.1. The Morgan fingerprint density at radius 3 is 2.81 bits per heavy atom. The molecule has 0 spiro atoms. The number of nitrogens with one attached hydrogen (secondary N) is 1. The Balaban J connectivity index is 1.65. The molecule has 1 amide bonds. The van der Waals surface area contributed by atoms with E-state index in [2.05, 4.69) is 5.32 Å². The molecular formula is C17H19NO2S. The van der Waals surface area contributed by atoms with Gasteiger partial charge in [-0.3, -0.25) is 4.79 Å². The summed E-state index contributed by atoms with van der Waals surface area (Å²) in [4.78, 5) is 14.3. The summed E-state index contributed by atoms with van der Waals surface area (Å²) in [6.07, 6.45) is 3.38. The Bertz CT molecular complexity index is 625. The summed E-state index contributed by atoms with van der Waals surface area (Å²) in [6.45, 7) is 1.93. The zero-order chi connectivity index (χ0) is 14.9. The average molecular weight is 301 g/mol. The molecule has 1 atom stereocenters. The van der Waals surface area contributed by atoms with Crippen LogP contribution in [-0.2, 0) is 18.4 Å². The number of hydrogen-bond acceptors (Lipinski definition) is 3. The average Bonchev–Trinajstić information content (AvgIpc) is 3.07. The molecule has 4 heteroatoms. The number of aliphatic hydroxyl groups is 1. The summed E-state index contributed by atoms with van der Waals surface area (Å²) in [7, 11) is 0. The monoisotopic (exact) mass is 301 g/mol. The minimum Gasteiger partial charge on any atom is -0.384 e. The zero-order valence-corrected chi connectivity index (χ0v) is 12.9. The number of carbonyl (C=O) groups is 1. The number of rotatable bonds is 4. The molecule has 0 saturated heterocycles. The van der Waals surface area contributed by atoms with Crippen LogP contribution in [0.2, 0.25) is 0 Å². The van der Waals surface area contributed by atoms with Gasteiger partial charge in [0.15, 0.2) is 0 Å². The van der Waals surface area contributed by atoms with E-state index < -0.39 is 5.60 Å². The quantitative estimate of drug-likeness (QED) is 0.912. The standard InChI is InChI=1S/C17H19NO2S/c1-17(20,13-7-3-2-4-8-13)11-18-16(19)15-10-12-6-5-9-14(12)21-15/h2-4,7-8,10,20H,5-6,9,11H2,1H3,(H,18,19). The molecule has 2 N–H and O–H groups in total. The summed E-state index contributed by atoms with van der Waals surface area (Å²) < 4.78 is 0. The maximum Gasteiger partial charge on any atom is 0.261 e. The summed E-state index contributed by atoms with van der Waals surface area (Å²) in [5.41, 5.74) is 1.07. The van der Waals surface area contributed by atoms with Gasteiger partial charge in [0.25, 0.3) is 5.91 Å². The molecule has 3 nitrogen and oxygen atoms in total. The fourth-order valence-corrected chi connectivity index (χ4v) is 3.85. The minimum absolute atomic E-state index is 0.0920. The van der Waals surface area contributed by atoms with Crippen LogP contribution >= 0.6 is 11.3 Å². The van der Waals surface area contributed by atoms with E-state index in [0.29, 0.717) is 0 Å². The first-order valence-corrected chi connectivity index (χ1v) is 8.05. The van der Waals surface area contributed by atoms with Crippen molar-refractivity contribution >= 4 is 17.2 Å². The van der Waals surface area contributed by atoms with Gasteiger partial charge in [0.1, 0.15) is 5.60 Å². The van der Waals surface area contributed by atoms with Gasteiger partial charge >= 0.3 is 0 Å². The van der Waals surface area contributed by atoms with Crippen LogP contribution in [0.4, 0.5) is 0 Å². The van der Waals surface area contributed by atoms with Gasteiger partial charge in [-0.2, -0.15) is 0 Å². The highest BCUT2D eigenvalue weighted by atomic mass is 32.1. The molecule has 0 bridgehead atoms. The van der Waals surface area contributed by atoms with Crippen molar-refractivity contribution in [2.24, 2.45) is 0 Å². The third-order valence-corrected chi connectivity index (χ3v) is 5.20. The summed E-state index contributed by atoms with van der Waals surface area (Å²) in [5.74, 6) is -0.0920. The molecule has 1 aliphatic rings. The van der Waals surface area contributed by atoms with Crippen molar-refractivity contribution in [2.45, 2.75) is 31.8 Å². The van der Waals surface area contributed by atoms with Crippen LogP contribution in [0, 0.1) is 0 Å². The highest BCUT2D eigenvalue weighted by Crippen LogP contribution is 2.30. The molecule has 0 aliphatic heterocycles. The lowest BCUT2D eigenvalue weighted by molar-refractivity contribution is 0.0527. The molecule has 1 aliphatic carbocycles. The lowest BCUT2D eigenvalue weighted by atomic mass is 9.96. The number of hydrogen-bond donors (Lipinski definition) is 2. The Labute approximate surface area is 128 Å². The van der Waals surface area contributed by atoms with Crippen LogP contribution in [0.5, 0.6) is 0 Å². The maximum absolute atomic E-state index is 12.2. The molecule has 1 aromatic carbocycles. The van der Waals surface area contributed by atoms with E-state index in [4.69, 9.17) is 0 Å². The van der Waals surface area contributed by atoms with Crippen molar-refractivity contribution in [2.75, 3.05) is 6.54 Å². The second-order valence-corrected chi connectivity index (χ2v) is 6.87. The van der Waals surface area contributed by atoms with Crippen molar-refractivity contribution in [3.63, 3.8) is 0 Å². The molecule has 2 aromatic rings. The number of aryl methyl sites for hydroxylation is 2. The van der Waals surface area contributed by atoms with Crippen LogP contribution in [0.15, 0.2) is 36.4 Å². The van der Waals surface area contributed by atoms with Crippen LogP contribution in [0.3, 0.4) is 0 Å². The number of thiophene rings is 1. The number of amides is 1. The van der Waals surface area contributed by atoms with Crippen molar-refractivity contribution in [3.05, 3.63) is 57.3 Å². The first kappa shape index (κ1) is 14.3. The summed E-state index contributed by atoms with van der Waals surface area (Å²) in [5, 5.41) is 13.3. The van der Waals surface area contributed by atoms with Crippen LogP contribution in [-0.4, -0.2) is 17.6 Å². The predicted molar refractivity (Wildman–Crippen MR) is 84.7 cm³/mol. The second-order valence-electron chi connectivity index (χ2n) is 5.74. The molecule has 0 saturated carbocycles. The smallest absolute Gasteiger partial charge is 0.261 e. The fraction of sp³-hybridized carbons (Fsp3) is 0.353. The largest absolute Gasteiger partial charge is 0.384 e. The molecule has 21 heavy (non-hydrogen) atoms. The first-order valence-electron chi connectivity index (χ1n) is 7.24. The van der Waals surface area contributed by atoms with E-state index in [1.165, 1.54) is 16.9 Å². The van der Waals surface area contributed by atoms with Crippen molar-refractivity contribution < 1.29 is 9.90 Å². The number of fused-ring (bicyclic) bond motifs is 1. The highest BCUT2D eigenvalue weighted by Gasteiger charge is 2.25. The van der Waals surface area contributed by atoms with E-state index >= 15 is 0 Å². The molecule has 1 aromatic heterocycles. The molecule has 3 rings (SSSR count). The van der Waals surface area contributed by atoms with Gasteiger partial charge in [-0.1, -0.05) is 30.3 Å². The van der Waals surface area contributed by atoms with E-state index in [0.717, 1.165) is 23.3 Å². The lowest BCUT2D eigenvalue weighted by Crippen LogP contribution is -2.38. The summed E-state index contributed by atoms with van der Waals surface area (Å²) in [6, 6.07) is 11.4. The van der Waals surface area contributed by atoms with E-state index in [1.807, 2.05) is 36.4 Å². The van der Waals surface area contributed by atoms with Gasteiger partial charge in [0.05, 0.1) is 11.4 Å². The Hall–Kier alpha value is -1.65. The Morgan fingerprint density at radius 2 is 2.10 bits per heavy atom. The molecule has 0 radical (unpaired) electrons. The van der Waals surface area contributed by atoms with Crippen molar-refractivity contribution in [3.8, 4) is 0 Å². The van der Waals surface area contributed by atoms with E-state index in [9.17, 15) is 9.90 Å². The topological polar surface area (TPSA) is 49.3 Å². The van der Waals surface area contributed by atoms with Crippen LogP contribution < -0.4 is 5.32 Å². The van der Waals surface area contributed by atoms with Gasteiger partial charge in [-0.05, 0) is 43.4 Å². The summed E-state index contributed by atoms with van der Waals surface area (Å²) >= 11 is 1.58. The lowest BCUT2D eigenvalue weighted by Gasteiger charge is -2.24. The third kappa shape index (κ3) is 3.01.